The van der Waals surface area contributed by atoms with Crippen molar-refractivity contribution in [2.45, 2.75) is 6.04 Å². The molecule has 4 nitrogen and oxygen atoms in total. The highest BCUT2D eigenvalue weighted by molar-refractivity contribution is 4.98. The molecule has 1 aromatic heterocycles. The molecule has 1 atom stereocenters. The number of rotatable bonds is 2. The van der Waals surface area contributed by atoms with E-state index >= 15 is 0 Å². The molecule has 0 aliphatic carbocycles. The van der Waals surface area contributed by atoms with Crippen LogP contribution >= 0.6 is 0 Å². The van der Waals surface area contributed by atoms with Crippen molar-refractivity contribution in [2.24, 2.45) is 5.73 Å². The maximum Gasteiger partial charge on any atom is 0.155 e. The first-order chi connectivity index (χ1) is 4.34. The second-order valence-corrected chi connectivity index (χ2v) is 1.70. The zero-order valence-electron chi connectivity index (χ0n) is 4.82. The van der Waals surface area contributed by atoms with E-state index in [-0.39, 0.29) is 6.61 Å². The van der Waals surface area contributed by atoms with Gasteiger partial charge in [0.25, 0.3) is 0 Å². The van der Waals surface area contributed by atoms with E-state index in [0.29, 0.717) is 5.76 Å². The first-order valence-electron chi connectivity index (χ1n) is 2.61. The zero-order chi connectivity index (χ0) is 6.69. The van der Waals surface area contributed by atoms with Crippen LogP contribution in [0.5, 0.6) is 0 Å². The molecule has 1 heterocycles. The summed E-state index contributed by atoms with van der Waals surface area (Å²) in [5.41, 5.74) is 5.35. The van der Waals surface area contributed by atoms with Crippen molar-refractivity contribution in [3.8, 4) is 0 Å². The first-order valence-corrected chi connectivity index (χ1v) is 2.61. The van der Waals surface area contributed by atoms with Crippen LogP contribution in [0.3, 0.4) is 0 Å². The third-order valence-electron chi connectivity index (χ3n) is 1.02. The van der Waals surface area contributed by atoms with Crippen molar-refractivity contribution >= 4 is 0 Å². The lowest BCUT2D eigenvalue weighted by atomic mass is 10.3. The largest absolute Gasteiger partial charge is 0.394 e. The third-order valence-corrected chi connectivity index (χ3v) is 1.02. The number of nitrogens with zero attached hydrogens (tertiary/aromatic N) is 1. The number of nitrogens with two attached hydrogens (primary N) is 1. The Labute approximate surface area is 52.3 Å². The molecule has 0 spiro atoms. The van der Waals surface area contributed by atoms with E-state index in [1.54, 1.807) is 6.07 Å². The van der Waals surface area contributed by atoms with Gasteiger partial charge in [-0.15, -0.1) is 0 Å². The average molecular weight is 128 g/mol. The maximum atomic E-state index is 8.49. The van der Waals surface area contributed by atoms with E-state index in [1.165, 1.54) is 6.20 Å². The minimum absolute atomic E-state index is 0.116. The number of aliphatic hydroxyl groups excluding tert-OH is 1. The number of hydrogen-bond donors (Lipinski definition) is 2. The second-order valence-electron chi connectivity index (χ2n) is 1.70. The van der Waals surface area contributed by atoms with Crippen LogP contribution in [-0.4, -0.2) is 16.9 Å². The fraction of sp³-hybridized carbons (Fsp3) is 0.400. The molecule has 0 radical (unpaired) electrons. The van der Waals surface area contributed by atoms with Gasteiger partial charge in [0, 0.05) is 6.07 Å². The number of aliphatic hydroxyl groups is 1. The van der Waals surface area contributed by atoms with Crippen molar-refractivity contribution in [3.63, 3.8) is 0 Å². The van der Waals surface area contributed by atoms with Crippen molar-refractivity contribution in [1.82, 2.24) is 5.16 Å². The molecule has 50 valence electrons. The fourth-order valence-corrected chi connectivity index (χ4v) is 0.507. The van der Waals surface area contributed by atoms with Crippen LogP contribution in [0.25, 0.3) is 0 Å². The molecular weight excluding hydrogens is 120 g/mol. The van der Waals surface area contributed by atoms with Gasteiger partial charge in [-0.3, -0.25) is 0 Å². The smallest absolute Gasteiger partial charge is 0.155 e. The lowest BCUT2D eigenvalue weighted by Gasteiger charge is -1.99. The Morgan fingerprint density at radius 3 is 3.11 bits per heavy atom. The predicted molar refractivity (Wildman–Crippen MR) is 30.5 cm³/mol. The fourth-order valence-electron chi connectivity index (χ4n) is 0.507. The Morgan fingerprint density at radius 2 is 2.67 bits per heavy atom. The summed E-state index contributed by atoms with van der Waals surface area (Å²) in [6.45, 7) is -0.116. The van der Waals surface area contributed by atoms with Crippen molar-refractivity contribution in [1.29, 1.82) is 0 Å². The van der Waals surface area contributed by atoms with Gasteiger partial charge in [-0.25, -0.2) is 0 Å². The summed E-state index contributed by atoms with van der Waals surface area (Å²) in [4.78, 5) is 0. The molecular formula is C5H8N2O2. The summed E-state index contributed by atoms with van der Waals surface area (Å²) in [5.74, 6) is 0.512. The van der Waals surface area contributed by atoms with Crippen LogP contribution in [0.4, 0.5) is 0 Å². The second kappa shape index (κ2) is 2.61. The molecule has 0 amide bonds. The molecule has 0 aromatic carbocycles. The third kappa shape index (κ3) is 1.28. The van der Waals surface area contributed by atoms with Gasteiger partial charge in [0.15, 0.2) is 5.76 Å². The van der Waals surface area contributed by atoms with Crippen LogP contribution in [0.2, 0.25) is 0 Å². The van der Waals surface area contributed by atoms with Gasteiger partial charge in [-0.05, 0) is 0 Å². The highest BCUT2D eigenvalue weighted by atomic mass is 16.5. The summed E-state index contributed by atoms with van der Waals surface area (Å²) < 4.78 is 4.65. The zero-order valence-corrected chi connectivity index (χ0v) is 4.82. The Bertz CT molecular complexity index is 161. The van der Waals surface area contributed by atoms with Gasteiger partial charge < -0.3 is 15.4 Å². The van der Waals surface area contributed by atoms with E-state index in [4.69, 9.17) is 10.8 Å². The van der Waals surface area contributed by atoms with E-state index < -0.39 is 6.04 Å². The molecule has 0 saturated carbocycles. The van der Waals surface area contributed by atoms with Crippen LogP contribution < -0.4 is 5.73 Å². The van der Waals surface area contributed by atoms with E-state index in [2.05, 4.69) is 9.68 Å². The lowest BCUT2D eigenvalue weighted by Crippen LogP contribution is -2.13. The summed E-state index contributed by atoms with van der Waals surface area (Å²) in [5, 5.41) is 11.9. The molecule has 1 unspecified atom stereocenters. The van der Waals surface area contributed by atoms with E-state index in [9.17, 15) is 0 Å². The van der Waals surface area contributed by atoms with Gasteiger partial charge in [0.05, 0.1) is 18.8 Å². The first kappa shape index (κ1) is 6.25. The van der Waals surface area contributed by atoms with Gasteiger partial charge in [-0.1, -0.05) is 5.16 Å². The molecule has 1 rings (SSSR count). The van der Waals surface area contributed by atoms with Crippen LogP contribution in [-0.2, 0) is 0 Å². The molecule has 0 saturated heterocycles. The Kier molecular flexibility index (Phi) is 1.81. The molecule has 0 aliphatic heterocycles. The van der Waals surface area contributed by atoms with Crippen LogP contribution in [0.1, 0.15) is 11.8 Å². The van der Waals surface area contributed by atoms with Crippen LogP contribution in [0.15, 0.2) is 16.8 Å². The maximum absolute atomic E-state index is 8.49. The Balaban J connectivity index is 2.65. The quantitative estimate of drug-likeness (QED) is 0.571. The van der Waals surface area contributed by atoms with Crippen molar-refractivity contribution < 1.29 is 9.63 Å². The molecule has 0 bridgehead atoms. The molecule has 0 aliphatic rings. The monoisotopic (exact) mass is 128 g/mol. The SMILES string of the molecule is NC(CO)c1ccno1. The summed E-state index contributed by atoms with van der Waals surface area (Å²) in [6, 6.07) is 1.19. The Morgan fingerprint density at radius 1 is 1.89 bits per heavy atom. The predicted octanol–water partition coefficient (Wildman–Crippen LogP) is -0.333. The van der Waals surface area contributed by atoms with Gasteiger partial charge in [-0.2, -0.15) is 0 Å². The molecule has 3 N–H and O–H groups in total. The highest BCUT2D eigenvalue weighted by Gasteiger charge is 2.06. The molecule has 9 heavy (non-hydrogen) atoms. The number of aromatic nitrogens is 1. The van der Waals surface area contributed by atoms with Crippen LogP contribution in [0, 0.1) is 0 Å². The summed E-state index contributed by atoms with van der Waals surface area (Å²) in [7, 11) is 0. The van der Waals surface area contributed by atoms with Crippen molar-refractivity contribution in [2.75, 3.05) is 6.61 Å². The topological polar surface area (TPSA) is 72.3 Å². The molecule has 0 fully saturated rings. The number of hydrogen-bond acceptors (Lipinski definition) is 4. The minimum Gasteiger partial charge on any atom is -0.394 e. The summed E-state index contributed by atoms with van der Waals surface area (Å²) in [6.07, 6.45) is 1.49. The molecule has 1 aromatic rings. The van der Waals surface area contributed by atoms with Gasteiger partial charge in [0.1, 0.15) is 0 Å². The lowest BCUT2D eigenvalue weighted by molar-refractivity contribution is 0.241. The van der Waals surface area contributed by atoms with E-state index in [1.807, 2.05) is 0 Å². The van der Waals surface area contributed by atoms with Gasteiger partial charge in [0.2, 0.25) is 0 Å². The normalized spacial score (nSPS) is 13.6. The minimum atomic E-state index is -0.438. The summed E-state index contributed by atoms with van der Waals surface area (Å²) >= 11 is 0. The van der Waals surface area contributed by atoms with E-state index in [0.717, 1.165) is 0 Å². The van der Waals surface area contributed by atoms with Gasteiger partial charge >= 0.3 is 0 Å². The average Bonchev–Trinajstić information content (AvgIpc) is 2.37. The standard InChI is InChI=1S/C5H8N2O2/c6-4(3-8)5-1-2-7-9-5/h1-2,4,8H,3,6H2. The Hall–Kier alpha value is -0.870. The molecule has 4 heteroatoms. The highest BCUT2D eigenvalue weighted by Crippen LogP contribution is 2.05. The van der Waals surface area contributed by atoms with Crippen molar-refractivity contribution in [3.05, 3.63) is 18.0 Å².